The van der Waals surface area contributed by atoms with Gasteiger partial charge in [0.1, 0.15) is 5.92 Å². The molecular weight excluding hydrogens is 316 g/mol. The van der Waals surface area contributed by atoms with E-state index in [-0.39, 0.29) is 5.71 Å². The lowest BCUT2D eigenvalue weighted by molar-refractivity contribution is -0.133. The lowest BCUT2D eigenvalue weighted by Crippen LogP contribution is -2.36. The molecule has 2 atom stereocenters. The molecule has 0 radical (unpaired) electrons. The minimum Gasteiger partial charge on any atom is -0.464 e. The predicted octanol–water partition coefficient (Wildman–Crippen LogP) is 0.633. The molecule has 24 heavy (non-hydrogen) atoms. The van der Waals surface area contributed by atoms with Crippen molar-refractivity contribution in [2.24, 2.45) is 16.3 Å². The van der Waals surface area contributed by atoms with E-state index in [0.717, 1.165) is 24.0 Å². The molecule has 2 heterocycles. The van der Waals surface area contributed by atoms with Crippen molar-refractivity contribution in [3.8, 4) is 0 Å². The molecule has 3 rings (SSSR count). The Balaban J connectivity index is 2.00. The number of aryl methyl sites for hydroxylation is 1. The monoisotopic (exact) mass is 330 g/mol. The van der Waals surface area contributed by atoms with E-state index in [1.54, 1.807) is 24.3 Å². The van der Waals surface area contributed by atoms with E-state index in [1.165, 1.54) is 0 Å². The summed E-state index contributed by atoms with van der Waals surface area (Å²) in [6, 6.07) is 5.63. The van der Waals surface area contributed by atoms with Crippen molar-refractivity contribution in [2.75, 3.05) is 12.0 Å². The summed E-state index contributed by atoms with van der Waals surface area (Å²) in [6.45, 7) is 1.98. The van der Waals surface area contributed by atoms with Crippen LogP contribution in [0.25, 0.3) is 0 Å². The number of rotatable bonds is 4. The highest BCUT2D eigenvalue weighted by Gasteiger charge is 2.59. The number of ether oxygens (including phenoxy) is 1. The predicted molar refractivity (Wildman–Crippen MR) is 82.7 cm³/mol. The fourth-order valence-electron chi connectivity index (χ4n) is 2.87. The molecule has 0 bridgehead atoms. The molecule has 0 unspecified atom stereocenters. The zero-order chi connectivity index (χ0) is 17.4. The van der Waals surface area contributed by atoms with Crippen molar-refractivity contribution < 1.29 is 19.1 Å². The molecule has 0 spiro atoms. The van der Waals surface area contributed by atoms with Gasteiger partial charge in [0, 0.05) is 0 Å². The van der Waals surface area contributed by atoms with Gasteiger partial charge in [-0.05, 0) is 24.1 Å². The maximum atomic E-state index is 12.7. The summed E-state index contributed by atoms with van der Waals surface area (Å²) >= 11 is 0. The quantitative estimate of drug-likeness (QED) is 0.455. The zero-order valence-corrected chi connectivity index (χ0v) is 13.0. The molecule has 1 saturated heterocycles. The number of carbonyl (C=O) groups is 3. The number of nitrogens with zero attached hydrogens (tertiary/aromatic N) is 4. The second-order valence-electron chi connectivity index (χ2n) is 5.33. The van der Waals surface area contributed by atoms with Crippen LogP contribution in [0.3, 0.4) is 0 Å². The van der Waals surface area contributed by atoms with Gasteiger partial charge in [-0.1, -0.05) is 19.1 Å². The summed E-state index contributed by atoms with van der Waals surface area (Å²) < 4.78 is 4.57. The molecule has 2 aliphatic heterocycles. The van der Waals surface area contributed by atoms with Gasteiger partial charge in [0.15, 0.2) is 11.8 Å². The summed E-state index contributed by atoms with van der Waals surface area (Å²) in [7, 11) is 1.12. The van der Waals surface area contributed by atoms with Crippen LogP contribution < -0.4 is 4.90 Å². The third-order valence-corrected chi connectivity index (χ3v) is 4.11. The van der Waals surface area contributed by atoms with Gasteiger partial charge in [0.05, 0.1) is 18.1 Å². The molecule has 0 saturated carbocycles. The number of amides is 2. The Labute approximate surface area is 136 Å². The number of hydrogen-bond acceptors (Lipinski definition) is 7. The van der Waals surface area contributed by atoms with Crippen molar-refractivity contribution in [2.45, 2.75) is 19.4 Å². The number of methoxy groups -OCH3 is 1. The standard InChI is InChI=1S/C15H14N4O5/c1-3-8-4-6-9(7-5-8)18-13(20)10-11(15(22)24-2)16-19(17-23)12(10)14(18)21/h4-7,10,12H,3H2,1-2H3/t10-,12-/m0/s1. The summed E-state index contributed by atoms with van der Waals surface area (Å²) in [6.07, 6.45) is 0.815. The first-order valence-corrected chi connectivity index (χ1v) is 7.29. The van der Waals surface area contributed by atoms with E-state index in [9.17, 15) is 19.3 Å². The van der Waals surface area contributed by atoms with Crippen LogP contribution in [0.15, 0.2) is 34.7 Å². The minimum absolute atomic E-state index is 0.298. The zero-order valence-electron chi connectivity index (χ0n) is 13.0. The Morgan fingerprint density at radius 3 is 2.46 bits per heavy atom. The number of nitroso groups, excluding NO2 is 1. The lowest BCUT2D eigenvalue weighted by atomic mass is 9.98. The molecule has 1 aromatic carbocycles. The third kappa shape index (κ3) is 2.16. The lowest BCUT2D eigenvalue weighted by Gasteiger charge is -2.17. The Morgan fingerprint density at radius 1 is 1.25 bits per heavy atom. The van der Waals surface area contributed by atoms with E-state index in [4.69, 9.17) is 0 Å². The number of esters is 1. The first-order chi connectivity index (χ1) is 11.5. The topological polar surface area (TPSA) is 109 Å². The van der Waals surface area contributed by atoms with Crippen molar-refractivity contribution in [3.05, 3.63) is 34.7 Å². The highest BCUT2D eigenvalue weighted by atomic mass is 16.5. The number of imide groups is 1. The molecule has 9 nitrogen and oxygen atoms in total. The van der Waals surface area contributed by atoms with Gasteiger partial charge in [0.25, 0.3) is 5.91 Å². The van der Waals surface area contributed by atoms with Crippen LogP contribution in [0.2, 0.25) is 0 Å². The highest BCUT2D eigenvalue weighted by molar-refractivity contribution is 6.46. The molecule has 0 N–H and O–H groups in total. The van der Waals surface area contributed by atoms with E-state index >= 15 is 0 Å². The average molecular weight is 330 g/mol. The maximum absolute atomic E-state index is 12.7. The van der Waals surface area contributed by atoms with Gasteiger partial charge >= 0.3 is 5.97 Å². The molecule has 1 fully saturated rings. The van der Waals surface area contributed by atoms with Crippen LogP contribution in [0.1, 0.15) is 12.5 Å². The molecule has 2 aliphatic rings. The SMILES string of the molecule is CCc1ccc(N2C(=O)[C@H]3C(C(=O)OC)=NN(N=O)[C@@H]3C2=O)cc1. The first-order valence-electron chi connectivity index (χ1n) is 7.29. The highest BCUT2D eigenvalue weighted by Crippen LogP contribution is 2.35. The Hall–Kier alpha value is -3.10. The first kappa shape index (κ1) is 15.8. The molecule has 1 aromatic rings. The molecule has 2 amide bonds. The summed E-state index contributed by atoms with van der Waals surface area (Å²) in [5.41, 5.74) is 1.12. The van der Waals surface area contributed by atoms with Crippen molar-refractivity contribution in [1.29, 1.82) is 0 Å². The summed E-state index contributed by atoms with van der Waals surface area (Å²) in [4.78, 5) is 49.0. The van der Waals surface area contributed by atoms with E-state index in [2.05, 4.69) is 15.1 Å². The molecule has 0 aliphatic carbocycles. The third-order valence-electron chi connectivity index (χ3n) is 4.11. The summed E-state index contributed by atoms with van der Waals surface area (Å²) in [5.74, 6) is -3.37. The number of hydrazone groups is 1. The van der Waals surface area contributed by atoms with Crippen molar-refractivity contribution in [3.63, 3.8) is 0 Å². The van der Waals surface area contributed by atoms with Gasteiger partial charge in [-0.3, -0.25) is 9.59 Å². The van der Waals surface area contributed by atoms with E-state index < -0.39 is 29.7 Å². The normalized spacial score (nSPS) is 22.5. The molecule has 0 aromatic heterocycles. The minimum atomic E-state index is -1.25. The van der Waals surface area contributed by atoms with Gasteiger partial charge in [0.2, 0.25) is 5.91 Å². The van der Waals surface area contributed by atoms with E-state index in [0.29, 0.717) is 10.8 Å². The van der Waals surface area contributed by atoms with Crippen molar-refractivity contribution >= 4 is 29.2 Å². The second kappa shape index (κ2) is 5.84. The van der Waals surface area contributed by atoms with Gasteiger partial charge < -0.3 is 4.74 Å². The van der Waals surface area contributed by atoms with Crippen LogP contribution in [0, 0.1) is 10.8 Å². The smallest absolute Gasteiger partial charge is 0.355 e. The van der Waals surface area contributed by atoms with Crippen LogP contribution in [-0.2, 0) is 25.5 Å². The van der Waals surface area contributed by atoms with Crippen LogP contribution in [0.5, 0.6) is 0 Å². The van der Waals surface area contributed by atoms with Crippen molar-refractivity contribution in [1.82, 2.24) is 5.12 Å². The largest absolute Gasteiger partial charge is 0.464 e. The van der Waals surface area contributed by atoms with Crippen LogP contribution in [-0.4, -0.2) is 41.8 Å². The average Bonchev–Trinajstić information content (AvgIpc) is 3.11. The van der Waals surface area contributed by atoms with Gasteiger partial charge in [-0.15, -0.1) is 15.1 Å². The Bertz CT molecular complexity index is 758. The molecular formula is C15H14N4O5. The number of hydrogen-bond donors (Lipinski definition) is 0. The summed E-state index contributed by atoms with van der Waals surface area (Å²) in [5, 5.41) is 6.83. The number of benzene rings is 1. The van der Waals surface area contributed by atoms with Gasteiger partial charge in [-0.2, -0.15) is 0 Å². The number of anilines is 1. The number of carbonyl (C=O) groups excluding carboxylic acids is 3. The van der Waals surface area contributed by atoms with Crippen LogP contribution >= 0.6 is 0 Å². The second-order valence-corrected chi connectivity index (χ2v) is 5.33. The maximum Gasteiger partial charge on any atom is 0.355 e. The fraction of sp³-hybridized carbons (Fsp3) is 0.333. The Kier molecular flexibility index (Phi) is 3.84. The molecule has 9 heteroatoms. The van der Waals surface area contributed by atoms with E-state index in [1.807, 2.05) is 6.92 Å². The van der Waals surface area contributed by atoms with Crippen LogP contribution in [0.4, 0.5) is 5.69 Å². The number of fused-ring (bicyclic) bond motifs is 1. The molecule has 124 valence electrons. The van der Waals surface area contributed by atoms with Gasteiger partial charge in [-0.25, -0.2) is 9.69 Å². The Morgan fingerprint density at radius 2 is 1.92 bits per heavy atom. The fourth-order valence-corrected chi connectivity index (χ4v) is 2.87.